The van der Waals surface area contributed by atoms with Crippen LogP contribution in [0.15, 0.2) is 26.9 Å². The monoisotopic (exact) mass is 281 g/mol. The average Bonchev–Trinajstić information content (AvgIpc) is 2.85. The van der Waals surface area contributed by atoms with Crippen LogP contribution < -0.4 is 5.32 Å². The van der Waals surface area contributed by atoms with Crippen molar-refractivity contribution >= 4 is 40.3 Å². The van der Waals surface area contributed by atoms with Crippen molar-refractivity contribution in [3.8, 4) is 0 Å². The van der Waals surface area contributed by atoms with Gasteiger partial charge in [0.05, 0.1) is 17.0 Å². The van der Waals surface area contributed by atoms with E-state index in [1.807, 2.05) is 0 Å². The fourth-order valence-corrected chi connectivity index (χ4v) is 1.91. The second kappa shape index (κ2) is 5.72. The smallest absolute Gasteiger partial charge is 0.332 e. The fourth-order valence-electron chi connectivity index (χ4n) is 1.37. The van der Waals surface area contributed by atoms with Crippen LogP contribution in [0.25, 0.3) is 0 Å². The van der Waals surface area contributed by atoms with Crippen molar-refractivity contribution in [3.63, 3.8) is 0 Å². The molecule has 1 atom stereocenters. The van der Waals surface area contributed by atoms with Gasteiger partial charge in [-0.25, -0.2) is 4.79 Å². The number of benzene rings is 1. The topological polar surface area (TPSA) is 100 Å². The van der Waals surface area contributed by atoms with Crippen molar-refractivity contribution in [2.45, 2.75) is 13.0 Å². The van der Waals surface area contributed by atoms with Gasteiger partial charge < -0.3 is 15.2 Å². The Bertz CT molecular complexity index is 596. The summed E-state index contributed by atoms with van der Waals surface area (Å²) < 4.78 is 13.0. The van der Waals surface area contributed by atoms with E-state index < -0.39 is 18.0 Å². The number of nitrogens with one attached hydrogen (secondary N) is 1. The summed E-state index contributed by atoms with van der Waals surface area (Å²) in [5.41, 5.74) is 1.83. The second-order valence-corrected chi connectivity index (χ2v) is 4.31. The molecule has 1 aromatic rings. The molecular weight excluding hydrogens is 270 g/mol. The summed E-state index contributed by atoms with van der Waals surface area (Å²) in [6, 6.07) is 5.24. The summed E-state index contributed by atoms with van der Waals surface area (Å²) >= 11 is 1.06. The van der Waals surface area contributed by atoms with Gasteiger partial charge in [-0.15, -0.1) is 0 Å². The van der Waals surface area contributed by atoms with E-state index in [1.165, 1.54) is 6.92 Å². The number of anilines is 1. The van der Waals surface area contributed by atoms with Gasteiger partial charge in [-0.3, -0.25) is 4.79 Å². The molecule has 0 fully saturated rings. The van der Waals surface area contributed by atoms with Gasteiger partial charge in [0, 0.05) is 0 Å². The number of amides is 1. The predicted octanol–water partition coefficient (Wildman–Crippen LogP) is 1.84. The maximum atomic E-state index is 11.6. The third kappa shape index (κ3) is 3.24. The molecule has 1 amide bonds. The lowest BCUT2D eigenvalue weighted by atomic mass is 10.2. The van der Waals surface area contributed by atoms with Crippen LogP contribution in [0.5, 0.6) is 0 Å². The third-order valence-electron chi connectivity index (χ3n) is 2.37. The van der Waals surface area contributed by atoms with Crippen LogP contribution in [-0.2, 0) is 25.7 Å². The van der Waals surface area contributed by atoms with Gasteiger partial charge in [0.25, 0.3) is 0 Å². The highest BCUT2D eigenvalue weighted by Gasteiger charge is 2.15. The number of hydrogen-bond acceptors (Lipinski definition) is 5. The summed E-state index contributed by atoms with van der Waals surface area (Å²) in [5.74, 6) is -1.55. The van der Waals surface area contributed by atoms with Crippen molar-refractivity contribution in [2.24, 2.45) is 8.73 Å². The van der Waals surface area contributed by atoms with E-state index in [0.717, 1.165) is 11.4 Å². The van der Waals surface area contributed by atoms with E-state index >= 15 is 0 Å². The zero-order valence-corrected chi connectivity index (χ0v) is 10.8. The molecule has 0 unspecified atom stereocenters. The Balaban J connectivity index is 1.95. The van der Waals surface area contributed by atoms with E-state index in [0.29, 0.717) is 17.1 Å². The highest BCUT2D eigenvalue weighted by molar-refractivity contribution is 7.58. The highest BCUT2D eigenvalue weighted by Crippen LogP contribution is 2.38. The number of rotatable bonds is 5. The molecule has 0 aliphatic carbocycles. The normalized spacial score (nSPS) is 13.5. The Morgan fingerprint density at radius 2 is 2.26 bits per heavy atom. The van der Waals surface area contributed by atoms with E-state index in [-0.39, 0.29) is 6.61 Å². The lowest BCUT2D eigenvalue weighted by Gasteiger charge is -2.10. The Morgan fingerprint density at radius 3 is 3.00 bits per heavy atom. The largest absolute Gasteiger partial charge is 0.479 e. The zero-order valence-electron chi connectivity index (χ0n) is 9.99. The molecule has 1 aromatic carbocycles. The van der Waals surface area contributed by atoms with Gasteiger partial charge in [0.1, 0.15) is 18.0 Å². The number of carboxylic acids is 1. The quantitative estimate of drug-likeness (QED) is 0.873. The lowest BCUT2D eigenvalue weighted by molar-refractivity contribution is -0.150. The number of carbonyl (C=O) groups is 2. The van der Waals surface area contributed by atoms with E-state index in [1.54, 1.807) is 18.2 Å². The highest BCUT2D eigenvalue weighted by atomic mass is 32.1. The molecule has 1 heterocycles. The fraction of sp³-hybridized carbons (Fsp3) is 0.273. The summed E-state index contributed by atoms with van der Waals surface area (Å²) in [5, 5.41) is 11.2. The van der Waals surface area contributed by atoms with Crippen molar-refractivity contribution < 1.29 is 19.4 Å². The number of fused-ring (bicyclic) bond motifs is 1. The van der Waals surface area contributed by atoms with Crippen molar-refractivity contribution in [1.29, 1.82) is 0 Å². The van der Waals surface area contributed by atoms with Crippen LogP contribution in [0.4, 0.5) is 17.1 Å². The molecule has 2 N–H and O–H groups in total. The number of nitrogens with zero attached hydrogens (tertiary/aromatic N) is 2. The molecule has 0 radical (unpaired) electrons. The summed E-state index contributed by atoms with van der Waals surface area (Å²) in [6.45, 7) is 1.03. The minimum Gasteiger partial charge on any atom is -0.479 e. The SMILES string of the molecule is C[C@@H](OCC(=O)Nc1cccc2c1N=S=N2)C(=O)O. The predicted molar refractivity (Wildman–Crippen MR) is 69.7 cm³/mol. The van der Waals surface area contributed by atoms with Crippen molar-refractivity contribution in [1.82, 2.24) is 0 Å². The van der Waals surface area contributed by atoms with Gasteiger partial charge >= 0.3 is 5.97 Å². The summed E-state index contributed by atoms with van der Waals surface area (Å²) in [4.78, 5) is 22.2. The number of hydrogen-bond donors (Lipinski definition) is 2. The van der Waals surface area contributed by atoms with Crippen LogP contribution in [0.3, 0.4) is 0 Å². The van der Waals surface area contributed by atoms with E-state index in [9.17, 15) is 9.59 Å². The molecule has 100 valence electrons. The number of aliphatic carboxylic acids is 1. The van der Waals surface area contributed by atoms with Gasteiger partial charge in [0.15, 0.2) is 6.10 Å². The number of carboxylic acid groups (broad SMARTS) is 1. The molecule has 0 aromatic heterocycles. The zero-order chi connectivity index (χ0) is 13.8. The first-order chi connectivity index (χ1) is 9.08. The molecule has 19 heavy (non-hydrogen) atoms. The first-order valence-electron chi connectivity index (χ1n) is 5.43. The van der Waals surface area contributed by atoms with Crippen LogP contribution >= 0.6 is 0 Å². The molecule has 8 heteroatoms. The van der Waals surface area contributed by atoms with E-state index in [4.69, 9.17) is 9.84 Å². The van der Waals surface area contributed by atoms with Gasteiger partial charge in [-0.1, -0.05) is 6.07 Å². The molecule has 1 aliphatic heterocycles. The standard InChI is InChI=1S/C11H11N3O4S/c1-6(11(16)17)18-5-9(15)12-7-3-2-4-8-10(7)14-19-13-8/h2-4,6H,5H2,1H3,(H,12,15)(H,16,17)/t6-/m1/s1. The first kappa shape index (κ1) is 13.4. The molecule has 0 saturated carbocycles. The minimum absolute atomic E-state index is 0.332. The molecule has 0 spiro atoms. The molecular formula is C11H11N3O4S. The lowest BCUT2D eigenvalue weighted by Crippen LogP contribution is -2.26. The molecule has 2 rings (SSSR count). The van der Waals surface area contributed by atoms with E-state index in [2.05, 4.69) is 14.0 Å². The maximum absolute atomic E-state index is 11.6. The van der Waals surface area contributed by atoms with Crippen LogP contribution in [-0.4, -0.2) is 29.7 Å². The Hall–Kier alpha value is -2.06. The minimum atomic E-state index is -1.11. The number of carbonyl (C=O) groups excluding carboxylic acids is 1. The van der Waals surface area contributed by atoms with Gasteiger partial charge in [-0.2, -0.15) is 8.73 Å². The molecule has 0 bridgehead atoms. The second-order valence-electron chi connectivity index (χ2n) is 3.78. The Labute approximate surface area is 112 Å². The van der Waals surface area contributed by atoms with Gasteiger partial charge in [-0.05, 0) is 19.1 Å². The van der Waals surface area contributed by atoms with Crippen LogP contribution in [0.2, 0.25) is 0 Å². The summed E-state index contributed by atoms with van der Waals surface area (Å²) in [7, 11) is 0. The van der Waals surface area contributed by atoms with Crippen molar-refractivity contribution in [3.05, 3.63) is 18.2 Å². The van der Waals surface area contributed by atoms with Crippen LogP contribution in [0.1, 0.15) is 6.92 Å². The number of ether oxygens (including phenoxy) is 1. The average molecular weight is 281 g/mol. The molecule has 7 nitrogen and oxygen atoms in total. The summed E-state index contributed by atoms with van der Waals surface area (Å²) in [6.07, 6.45) is -1.03. The maximum Gasteiger partial charge on any atom is 0.332 e. The van der Waals surface area contributed by atoms with Crippen molar-refractivity contribution in [2.75, 3.05) is 11.9 Å². The van der Waals surface area contributed by atoms with Crippen LogP contribution in [0, 0.1) is 0 Å². The first-order valence-corrected chi connectivity index (χ1v) is 6.16. The Morgan fingerprint density at radius 1 is 1.47 bits per heavy atom. The van der Waals surface area contributed by atoms with Gasteiger partial charge in [0.2, 0.25) is 5.91 Å². The molecule has 0 saturated heterocycles. The Kier molecular flexibility index (Phi) is 4.03. The molecule has 1 aliphatic rings. The third-order valence-corrected chi connectivity index (χ3v) is 2.91.